The predicted molar refractivity (Wildman–Crippen MR) is 131 cm³/mol. The van der Waals surface area contributed by atoms with Crippen molar-refractivity contribution in [1.82, 2.24) is 19.5 Å². The largest absolute Gasteiger partial charge is 0.368 e. The number of benzene rings is 2. The molecule has 1 fully saturated rings. The average molecular weight is 463 g/mol. The van der Waals surface area contributed by atoms with E-state index in [9.17, 15) is 8.42 Å². The lowest BCUT2D eigenvalue weighted by Crippen LogP contribution is -2.46. The van der Waals surface area contributed by atoms with Crippen molar-refractivity contribution in [2.24, 2.45) is 0 Å². The Bertz CT molecular complexity index is 1380. The Kier molecular flexibility index (Phi) is 5.51. The Morgan fingerprint density at radius 1 is 0.939 bits per heavy atom. The number of nitrogens with one attached hydrogen (secondary N) is 1. The molecule has 170 valence electrons. The van der Waals surface area contributed by atoms with Gasteiger partial charge in [-0.25, -0.2) is 12.7 Å². The van der Waals surface area contributed by atoms with Crippen molar-refractivity contribution in [3.8, 4) is 11.1 Å². The van der Waals surface area contributed by atoms with Gasteiger partial charge in [-0.05, 0) is 42.0 Å². The van der Waals surface area contributed by atoms with Gasteiger partial charge in [0.25, 0.3) is 0 Å². The third-order valence-corrected chi connectivity index (χ3v) is 7.94. The molecule has 33 heavy (non-hydrogen) atoms. The van der Waals surface area contributed by atoms with Crippen LogP contribution in [0.1, 0.15) is 0 Å². The quantitative estimate of drug-likeness (QED) is 0.490. The van der Waals surface area contributed by atoms with Gasteiger partial charge >= 0.3 is 0 Å². The number of pyridine rings is 1. The number of anilines is 2. The maximum Gasteiger partial charge on any atom is 0.242 e. The van der Waals surface area contributed by atoms with Crippen molar-refractivity contribution in [2.45, 2.75) is 4.90 Å². The van der Waals surface area contributed by atoms with Crippen LogP contribution >= 0.6 is 0 Å². The van der Waals surface area contributed by atoms with Crippen LogP contribution in [-0.4, -0.2) is 68.2 Å². The minimum absolute atomic E-state index is 0.319. The highest BCUT2D eigenvalue weighted by Gasteiger charge is 2.22. The number of rotatable bonds is 5. The van der Waals surface area contributed by atoms with E-state index in [0.29, 0.717) is 4.90 Å². The van der Waals surface area contributed by atoms with Gasteiger partial charge in [-0.3, -0.25) is 10.1 Å². The summed E-state index contributed by atoms with van der Waals surface area (Å²) in [5.41, 5.74) is 5.20. The smallest absolute Gasteiger partial charge is 0.242 e. The molecule has 0 saturated carbocycles. The lowest BCUT2D eigenvalue weighted by Gasteiger charge is -2.38. The molecule has 2 aromatic heterocycles. The summed E-state index contributed by atoms with van der Waals surface area (Å²) in [7, 11) is -0.350. The molecule has 0 bridgehead atoms. The maximum absolute atomic E-state index is 12.5. The molecule has 8 nitrogen and oxygen atoms in total. The van der Waals surface area contributed by atoms with Crippen LogP contribution in [0.5, 0.6) is 0 Å². The van der Waals surface area contributed by atoms with E-state index in [1.165, 1.54) is 4.31 Å². The van der Waals surface area contributed by atoms with Crippen LogP contribution in [0, 0.1) is 0 Å². The summed E-state index contributed by atoms with van der Waals surface area (Å²) < 4.78 is 26.3. The molecule has 0 aliphatic carbocycles. The van der Waals surface area contributed by atoms with Crippen molar-refractivity contribution < 1.29 is 8.42 Å². The van der Waals surface area contributed by atoms with E-state index >= 15 is 0 Å². The van der Waals surface area contributed by atoms with Gasteiger partial charge in [0, 0.05) is 75.0 Å². The lowest BCUT2D eigenvalue weighted by molar-refractivity contribution is 0.520. The molecule has 0 unspecified atom stereocenters. The second-order valence-electron chi connectivity index (χ2n) is 8.31. The molecule has 5 rings (SSSR count). The minimum Gasteiger partial charge on any atom is -0.368 e. The Morgan fingerprint density at radius 3 is 2.45 bits per heavy atom. The third-order valence-electron chi connectivity index (χ3n) is 6.13. The monoisotopic (exact) mass is 462 g/mol. The van der Waals surface area contributed by atoms with E-state index in [-0.39, 0.29) is 0 Å². The first-order chi connectivity index (χ1) is 15.9. The summed E-state index contributed by atoms with van der Waals surface area (Å²) in [4.78, 5) is 9.48. The van der Waals surface area contributed by atoms with Gasteiger partial charge in [0.05, 0.1) is 16.6 Å². The van der Waals surface area contributed by atoms with E-state index < -0.39 is 10.0 Å². The fraction of sp³-hybridized carbons (Fsp3) is 0.250. The number of aromatic amines is 1. The lowest BCUT2D eigenvalue weighted by atomic mass is 10.0. The summed E-state index contributed by atoms with van der Waals surface area (Å²) in [5, 5.41) is 8.05. The number of sulfonamides is 1. The highest BCUT2D eigenvalue weighted by atomic mass is 32.2. The molecular weight excluding hydrogens is 436 g/mol. The topological polar surface area (TPSA) is 85.4 Å². The molecule has 1 aliphatic heterocycles. The number of piperazine rings is 1. The van der Waals surface area contributed by atoms with Crippen molar-refractivity contribution in [3.63, 3.8) is 0 Å². The van der Waals surface area contributed by atoms with E-state index in [4.69, 9.17) is 0 Å². The predicted octanol–water partition coefficient (Wildman–Crippen LogP) is 3.20. The number of H-pyrrole nitrogens is 1. The van der Waals surface area contributed by atoms with Crippen LogP contribution in [-0.2, 0) is 10.0 Å². The number of aromatic nitrogens is 3. The molecule has 1 saturated heterocycles. The molecule has 9 heteroatoms. The van der Waals surface area contributed by atoms with Crippen LogP contribution in [0.25, 0.3) is 22.0 Å². The van der Waals surface area contributed by atoms with Crippen LogP contribution in [0.2, 0.25) is 0 Å². The van der Waals surface area contributed by atoms with Crippen LogP contribution in [0.4, 0.5) is 11.4 Å². The van der Waals surface area contributed by atoms with Gasteiger partial charge in [0.15, 0.2) is 0 Å². The van der Waals surface area contributed by atoms with E-state index in [1.54, 1.807) is 26.2 Å². The molecule has 1 N–H and O–H groups in total. The molecule has 1 aliphatic rings. The van der Waals surface area contributed by atoms with Gasteiger partial charge in [-0.2, -0.15) is 5.10 Å². The maximum atomic E-state index is 12.5. The van der Waals surface area contributed by atoms with E-state index in [0.717, 1.165) is 59.6 Å². The van der Waals surface area contributed by atoms with Crippen LogP contribution in [0.15, 0.2) is 72.0 Å². The Morgan fingerprint density at radius 2 is 1.73 bits per heavy atom. The summed E-state index contributed by atoms with van der Waals surface area (Å²) in [6.45, 7) is 3.27. The second kappa shape index (κ2) is 8.49. The highest BCUT2D eigenvalue weighted by molar-refractivity contribution is 7.89. The molecule has 3 heterocycles. The Hall–Kier alpha value is -3.43. The van der Waals surface area contributed by atoms with Crippen molar-refractivity contribution in [2.75, 3.05) is 50.1 Å². The molecule has 0 radical (unpaired) electrons. The third kappa shape index (κ3) is 4.05. The number of hydrogen-bond donors (Lipinski definition) is 1. The van der Waals surface area contributed by atoms with Crippen LogP contribution < -0.4 is 9.80 Å². The summed E-state index contributed by atoms with van der Waals surface area (Å²) in [5.74, 6) is 0. The number of hydrogen-bond acceptors (Lipinski definition) is 6. The second-order valence-corrected chi connectivity index (χ2v) is 10.5. The molecule has 0 amide bonds. The van der Waals surface area contributed by atoms with Crippen LogP contribution in [0.3, 0.4) is 0 Å². The fourth-order valence-electron chi connectivity index (χ4n) is 4.25. The minimum atomic E-state index is -3.46. The Balaban J connectivity index is 1.38. The highest BCUT2D eigenvalue weighted by Crippen LogP contribution is 2.31. The molecule has 0 spiro atoms. The molecular formula is C24H26N6O2S. The van der Waals surface area contributed by atoms with Gasteiger partial charge < -0.3 is 9.80 Å². The summed E-state index contributed by atoms with van der Waals surface area (Å²) >= 11 is 0. The van der Waals surface area contributed by atoms with Gasteiger partial charge in [-0.1, -0.05) is 12.1 Å². The first-order valence-corrected chi connectivity index (χ1v) is 12.3. The average Bonchev–Trinajstić information content (AvgIpc) is 3.38. The summed E-state index contributed by atoms with van der Waals surface area (Å²) in [6, 6.07) is 15.6. The molecule has 0 atom stereocenters. The first-order valence-electron chi connectivity index (χ1n) is 10.8. The standard InChI is InChI=1S/C24H26N6O2S/c1-28(2)33(31,32)21-5-3-4-20(15-21)29-10-12-30(13-11-29)24-8-9-25-23-7-6-18(14-22(23)24)19-16-26-27-17-19/h3-9,14-17H,10-13H2,1-2H3,(H,26,27). The first kappa shape index (κ1) is 21.4. The number of nitrogens with zero attached hydrogens (tertiary/aromatic N) is 5. The zero-order valence-corrected chi connectivity index (χ0v) is 19.5. The SMILES string of the molecule is CN(C)S(=O)(=O)c1cccc(N2CCN(c3ccnc4ccc(-c5cn[nH]c5)cc34)CC2)c1. The van der Waals surface area contributed by atoms with Crippen molar-refractivity contribution in [3.05, 3.63) is 67.1 Å². The Labute approximate surface area is 193 Å². The molecule has 2 aromatic carbocycles. The zero-order chi connectivity index (χ0) is 23.0. The molecule has 4 aromatic rings. The van der Waals surface area contributed by atoms with E-state index in [1.807, 2.05) is 36.8 Å². The normalized spacial score (nSPS) is 14.9. The zero-order valence-electron chi connectivity index (χ0n) is 18.6. The van der Waals surface area contributed by atoms with Crippen molar-refractivity contribution in [1.29, 1.82) is 0 Å². The van der Waals surface area contributed by atoms with Crippen molar-refractivity contribution >= 4 is 32.3 Å². The van der Waals surface area contributed by atoms with E-state index in [2.05, 4.69) is 43.2 Å². The van der Waals surface area contributed by atoms with Gasteiger partial charge in [0.2, 0.25) is 10.0 Å². The summed E-state index contributed by atoms with van der Waals surface area (Å²) in [6.07, 6.45) is 5.57. The van der Waals surface area contributed by atoms with Gasteiger partial charge in [-0.15, -0.1) is 0 Å². The fourth-order valence-corrected chi connectivity index (χ4v) is 5.19. The number of fused-ring (bicyclic) bond motifs is 1. The van der Waals surface area contributed by atoms with Gasteiger partial charge in [0.1, 0.15) is 0 Å².